The lowest BCUT2D eigenvalue weighted by molar-refractivity contribution is -0.117. The Morgan fingerprint density at radius 3 is 2.47 bits per heavy atom. The summed E-state index contributed by atoms with van der Waals surface area (Å²) in [5.74, 6) is 0.888. The van der Waals surface area contributed by atoms with Gasteiger partial charge in [0.05, 0.1) is 17.8 Å². The molecule has 1 aromatic carbocycles. The number of carbonyl (C=O) groups excluding carboxylic acids is 1. The Labute approximate surface area is 115 Å². The molecule has 1 atom stereocenters. The number of ether oxygens (including phenoxy) is 1. The molecule has 0 saturated heterocycles. The topological polar surface area (TPSA) is 64.4 Å². The van der Waals surface area contributed by atoms with Crippen LogP contribution >= 0.6 is 0 Å². The van der Waals surface area contributed by atoms with Gasteiger partial charge in [0.15, 0.2) is 0 Å². The number of nitrogens with two attached hydrogens (primary N) is 1. The highest BCUT2D eigenvalue weighted by Crippen LogP contribution is 2.25. The highest BCUT2D eigenvalue weighted by molar-refractivity contribution is 5.95. The van der Waals surface area contributed by atoms with Crippen LogP contribution in [0, 0.1) is 5.92 Å². The van der Waals surface area contributed by atoms with Crippen LogP contribution in [0.5, 0.6) is 5.75 Å². The molecule has 106 valence electrons. The fourth-order valence-corrected chi connectivity index (χ4v) is 1.77. The van der Waals surface area contributed by atoms with Crippen molar-refractivity contribution >= 4 is 11.6 Å². The Bertz CT molecular complexity index is 416. The van der Waals surface area contributed by atoms with E-state index in [0.717, 1.165) is 0 Å². The molecule has 0 aliphatic rings. The highest BCUT2D eigenvalue weighted by atomic mass is 16.5. The van der Waals surface area contributed by atoms with Crippen LogP contribution in [0.2, 0.25) is 0 Å². The molecule has 0 saturated carbocycles. The first-order valence-corrected chi connectivity index (χ1v) is 6.72. The molecule has 0 fully saturated rings. The van der Waals surface area contributed by atoms with Gasteiger partial charge in [-0.15, -0.1) is 0 Å². The molecule has 4 heteroatoms. The summed E-state index contributed by atoms with van der Waals surface area (Å²) in [7, 11) is 0. The maximum absolute atomic E-state index is 12.0. The lowest BCUT2D eigenvalue weighted by Crippen LogP contribution is -2.36. The van der Waals surface area contributed by atoms with Gasteiger partial charge in [-0.3, -0.25) is 4.79 Å². The fraction of sp³-hybridized carbons (Fsp3) is 0.533. The number of anilines is 1. The van der Waals surface area contributed by atoms with Gasteiger partial charge in [-0.1, -0.05) is 26.0 Å². The van der Waals surface area contributed by atoms with Crippen molar-refractivity contribution in [3.63, 3.8) is 0 Å². The second-order valence-corrected chi connectivity index (χ2v) is 5.39. The number of hydrogen-bond donors (Lipinski definition) is 2. The van der Waals surface area contributed by atoms with Gasteiger partial charge in [-0.2, -0.15) is 0 Å². The molecule has 0 bridgehead atoms. The molecule has 4 nitrogen and oxygen atoms in total. The van der Waals surface area contributed by atoms with Crippen LogP contribution in [0.1, 0.15) is 34.1 Å². The van der Waals surface area contributed by atoms with Crippen LogP contribution in [-0.2, 0) is 4.79 Å². The van der Waals surface area contributed by atoms with Gasteiger partial charge in [0, 0.05) is 0 Å². The third-order valence-corrected chi connectivity index (χ3v) is 2.57. The summed E-state index contributed by atoms with van der Waals surface area (Å²) >= 11 is 0. The predicted octanol–water partition coefficient (Wildman–Crippen LogP) is 2.79. The molecule has 1 amide bonds. The zero-order valence-corrected chi connectivity index (χ0v) is 12.1. The molecule has 0 radical (unpaired) electrons. The van der Waals surface area contributed by atoms with Crippen LogP contribution in [0.3, 0.4) is 0 Å². The zero-order chi connectivity index (χ0) is 14.4. The van der Waals surface area contributed by atoms with Gasteiger partial charge in [0.2, 0.25) is 5.91 Å². The molecule has 1 unspecified atom stereocenters. The van der Waals surface area contributed by atoms with E-state index in [9.17, 15) is 4.79 Å². The summed E-state index contributed by atoms with van der Waals surface area (Å²) in [6.45, 7) is 7.98. The molecule has 1 rings (SSSR count). The fourth-order valence-electron chi connectivity index (χ4n) is 1.77. The molecule has 0 aliphatic heterocycles. The Morgan fingerprint density at radius 1 is 1.26 bits per heavy atom. The van der Waals surface area contributed by atoms with Gasteiger partial charge in [-0.05, 0) is 38.3 Å². The Morgan fingerprint density at radius 2 is 1.89 bits per heavy atom. The third kappa shape index (κ3) is 5.30. The van der Waals surface area contributed by atoms with Crippen LogP contribution in [0.4, 0.5) is 5.69 Å². The summed E-state index contributed by atoms with van der Waals surface area (Å²) in [5.41, 5.74) is 6.53. The lowest BCUT2D eigenvalue weighted by Gasteiger charge is -2.17. The maximum Gasteiger partial charge on any atom is 0.241 e. The first-order valence-electron chi connectivity index (χ1n) is 6.72. The van der Waals surface area contributed by atoms with Crippen molar-refractivity contribution in [3.8, 4) is 5.75 Å². The van der Waals surface area contributed by atoms with Crippen LogP contribution in [0.15, 0.2) is 24.3 Å². The van der Waals surface area contributed by atoms with Crippen molar-refractivity contribution < 1.29 is 9.53 Å². The quantitative estimate of drug-likeness (QED) is 0.830. The van der Waals surface area contributed by atoms with E-state index in [0.29, 0.717) is 23.8 Å². The Kier molecular flexibility index (Phi) is 5.83. The second kappa shape index (κ2) is 7.14. The van der Waals surface area contributed by atoms with E-state index in [-0.39, 0.29) is 12.0 Å². The minimum atomic E-state index is -0.493. The van der Waals surface area contributed by atoms with Crippen molar-refractivity contribution in [2.75, 3.05) is 5.32 Å². The largest absolute Gasteiger partial charge is 0.489 e. The van der Waals surface area contributed by atoms with Gasteiger partial charge in [0.25, 0.3) is 0 Å². The highest BCUT2D eigenvalue weighted by Gasteiger charge is 2.16. The standard InChI is InChI=1S/C15H24N2O2/c1-10(2)9-12(16)15(18)17-13-7-5-6-8-14(13)19-11(3)4/h5-8,10-12H,9,16H2,1-4H3,(H,17,18). The number of para-hydroxylation sites is 2. The van der Waals surface area contributed by atoms with Crippen LogP contribution < -0.4 is 15.8 Å². The van der Waals surface area contributed by atoms with Crippen molar-refractivity contribution in [3.05, 3.63) is 24.3 Å². The molecule has 3 N–H and O–H groups in total. The first kappa shape index (κ1) is 15.5. The van der Waals surface area contributed by atoms with E-state index in [1.807, 2.05) is 52.0 Å². The Hall–Kier alpha value is -1.55. The molecule has 0 aliphatic carbocycles. The number of hydrogen-bond acceptors (Lipinski definition) is 3. The average molecular weight is 264 g/mol. The molecular formula is C15H24N2O2. The first-order chi connectivity index (χ1) is 8.90. The molecule has 0 aromatic heterocycles. The molecule has 19 heavy (non-hydrogen) atoms. The summed E-state index contributed by atoms with van der Waals surface area (Å²) in [6.07, 6.45) is 0.723. The number of benzene rings is 1. The predicted molar refractivity (Wildman–Crippen MR) is 78.3 cm³/mol. The van der Waals surface area contributed by atoms with Gasteiger partial charge in [-0.25, -0.2) is 0 Å². The maximum atomic E-state index is 12.0. The van der Waals surface area contributed by atoms with Crippen molar-refractivity contribution in [1.82, 2.24) is 0 Å². The number of rotatable bonds is 6. The number of amides is 1. The summed E-state index contributed by atoms with van der Waals surface area (Å²) in [4.78, 5) is 12.0. The van der Waals surface area contributed by atoms with Gasteiger partial charge in [0.1, 0.15) is 5.75 Å². The van der Waals surface area contributed by atoms with Gasteiger partial charge < -0.3 is 15.8 Å². The molecule has 0 heterocycles. The lowest BCUT2D eigenvalue weighted by atomic mass is 10.0. The summed E-state index contributed by atoms with van der Waals surface area (Å²) in [5, 5.41) is 2.83. The van der Waals surface area contributed by atoms with E-state index in [1.54, 1.807) is 0 Å². The zero-order valence-electron chi connectivity index (χ0n) is 12.1. The van der Waals surface area contributed by atoms with E-state index in [2.05, 4.69) is 5.32 Å². The minimum Gasteiger partial charge on any atom is -0.489 e. The number of carbonyl (C=O) groups is 1. The molecule has 0 spiro atoms. The van der Waals surface area contributed by atoms with E-state index in [4.69, 9.17) is 10.5 Å². The Balaban J connectivity index is 2.73. The van der Waals surface area contributed by atoms with E-state index >= 15 is 0 Å². The number of nitrogens with one attached hydrogen (secondary N) is 1. The third-order valence-electron chi connectivity index (χ3n) is 2.57. The van der Waals surface area contributed by atoms with Crippen LogP contribution in [-0.4, -0.2) is 18.1 Å². The smallest absolute Gasteiger partial charge is 0.241 e. The minimum absolute atomic E-state index is 0.0578. The summed E-state index contributed by atoms with van der Waals surface area (Å²) < 4.78 is 5.65. The van der Waals surface area contributed by atoms with Crippen LogP contribution in [0.25, 0.3) is 0 Å². The average Bonchev–Trinajstić information content (AvgIpc) is 2.30. The van der Waals surface area contributed by atoms with E-state index in [1.165, 1.54) is 0 Å². The van der Waals surface area contributed by atoms with E-state index < -0.39 is 6.04 Å². The van der Waals surface area contributed by atoms with Crippen molar-refractivity contribution in [2.45, 2.75) is 46.3 Å². The van der Waals surface area contributed by atoms with Crippen molar-refractivity contribution in [1.29, 1.82) is 0 Å². The summed E-state index contributed by atoms with van der Waals surface area (Å²) in [6, 6.07) is 6.89. The second-order valence-electron chi connectivity index (χ2n) is 5.39. The normalized spacial score (nSPS) is 12.6. The SMILES string of the molecule is CC(C)CC(N)C(=O)Nc1ccccc1OC(C)C. The monoisotopic (exact) mass is 264 g/mol. The molecule has 1 aromatic rings. The van der Waals surface area contributed by atoms with Crippen molar-refractivity contribution in [2.24, 2.45) is 11.7 Å². The van der Waals surface area contributed by atoms with Gasteiger partial charge >= 0.3 is 0 Å². The molecular weight excluding hydrogens is 240 g/mol.